The number of nitrogens with zero attached hydrogens (tertiary/aromatic N) is 4. The quantitative estimate of drug-likeness (QED) is 0.337. The van der Waals surface area contributed by atoms with Crippen LogP contribution >= 0.6 is 11.3 Å². The number of carbonyl (C=O) groups is 2. The van der Waals surface area contributed by atoms with Crippen molar-refractivity contribution in [3.63, 3.8) is 0 Å². The van der Waals surface area contributed by atoms with Crippen LogP contribution in [-0.2, 0) is 4.79 Å². The molecule has 4 N–H and O–H groups in total. The first-order chi connectivity index (χ1) is 20.4. The molecule has 4 atom stereocenters. The lowest BCUT2D eigenvalue weighted by Gasteiger charge is -2.40. The van der Waals surface area contributed by atoms with E-state index in [1.807, 2.05) is 29.2 Å². The van der Waals surface area contributed by atoms with Gasteiger partial charge in [0, 0.05) is 54.4 Å². The molecule has 3 fully saturated rings. The fourth-order valence-electron chi connectivity index (χ4n) is 7.51. The van der Waals surface area contributed by atoms with Gasteiger partial charge in [-0.1, -0.05) is 31.4 Å². The third kappa shape index (κ3) is 5.26. The Morgan fingerprint density at radius 1 is 0.976 bits per heavy atom. The van der Waals surface area contributed by atoms with Crippen molar-refractivity contribution in [2.24, 2.45) is 23.5 Å². The van der Waals surface area contributed by atoms with Crippen molar-refractivity contribution in [2.45, 2.75) is 57.5 Å². The zero-order valence-corrected chi connectivity index (χ0v) is 24.9. The molecule has 42 heavy (non-hydrogen) atoms. The van der Waals surface area contributed by atoms with Gasteiger partial charge in [-0.2, -0.15) is 4.98 Å². The predicted octanol–water partition coefficient (Wildman–Crippen LogP) is 4.92. The number of nitrogens with two attached hydrogens (primary N) is 1. The Kier molecular flexibility index (Phi) is 7.35. The number of hydrogen-bond acceptors (Lipinski definition) is 8. The van der Waals surface area contributed by atoms with E-state index in [9.17, 15) is 9.59 Å². The minimum atomic E-state index is -0.268. The number of carbonyl (C=O) groups excluding carboxylic acids is 2. The zero-order chi connectivity index (χ0) is 28.8. The maximum Gasteiger partial charge on any atom is 0.253 e. The van der Waals surface area contributed by atoms with E-state index in [0.717, 1.165) is 59.2 Å². The molecule has 2 amide bonds. The number of nitrogens with one attached hydrogen (secondary N) is 2. The number of aryl methyl sites for hydroxylation is 1. The van der Waals surface area contributed by atoms with Crippen LogP contribution in [0.2, 0.25) is 0 Å². The number of thiophene rings is 1. The molecule has 1 aliphatic heterocycles. The molecule has 0 radical (unpaired) electrons. The van der Waals surface area contributed by atoms with Crippen LogP contribution in [0.4, 0.5) is 17.5 Å². The molecule has 9 nitrogen and oxygen atoms in total. The summed E-state index contributed by atoms with van der Waals surface area (Å²) >= 11 is 1.64. The van der Waals surface area contributed by atoms with Crippen LogP contribution in [0.25, 0.3) is 10.2 Å². The van der Waals surface area contributed by atoms with Crippen LogP contribution in [0.1, 0.15) is 53.8 Å². The van der Waals surface area contributed by atoms with Crippen LogP contribution in [0, 0.1) is 24.7 Å². The van der Waals surface area contributed by atoms with Gasteiger partial charge in [0.15, 0.2) is 0 Å². The minimum Gasteiger partial charge on any atom is -0.369 e. The van der Waals surface area contributed by atoms with Gasteiger partial charge in [-0.15, -0.1) is 11.3 Å². The fourth-order valence-corrected chi connectivity index (χ4v) is 8.41. The summed E-state index contributed by atoms with van der Waals surface area (Å²) in [5.41, 5.74) is 8.17. The maximum atomic E-state index is 13.3. The van der Waals surface area contributed by atoms with Gasteiger partial charge < -0.3 is 21.3 Å². The van der Waals surface area contributed by atoms with E-state index in [1.54, 1.807) is 11.3 Å². The molecule has 7 rings (SSSR count). The Balaban J connectivity index is 1.04. The molecule has 1 aromatic carbocycles. The molecular weight excluding hydrogens is 546 g/mol. The summed E-state index contributed by atoms with van der Waals surface area (Å²) in [6.45, 7) is 5.56. The number of aromatic nitrogens is 2. The molecule has 2 saturated carbocycles. The molecule has 10 heteroatoms. The average Bonchev–Trinajstić information content (AvgIpc) is 3.72. The van der Waals surface area contributed by atoms with Crippen LogP contribution < -0.4 is 16.4 Å². The Morgan fingerprint density at radius 3 is 2.45 bits per heavy atom. The first-order valence-electron chi connectivity index (χ1n) is 15.4. The van der Waals surface area contributed by atoms with Crippen LogP contribution in [0.3, 0.4) is 0 Å². The number of rotatable bonds is 7. The number of allylic oxidation sites excluding steroid dienone is 1. The summed E-state index contributed by atoms with van der Waals surface area (Å²) in [6, 6.07) is 10.3. The number of fused-ring (bicyclic) bond motifs is 3. The number of anilines is 3. The Hall–Kier alpha value is -3.50. The summed E-state index contributed by atoms with van der Waals surface area (Å²) in [4.78, 5) is 40.9. The van der Waals surface area contributed by atoms with Crippen LogP contribution in [0.5, 0.6) is 0 Å². The molecule has 2 bridgehead atoms. The number of piperazine rings is 1. The highest BCUT2D eigenvalue weighted by Crippen LogP contribution is 2.45. The Bertz CT molecular complexity index is 1510. The molecule has 3 aliphatic carbocycles. The normalized spacial score (nSPS) is 26.2. The van der Waals surface area contributed by atoms with Crippen molar-refractivity contribution >= 4 is 50.8 Å². The molecule has 0 spiro atoms. The van der Waals surface area contributed by atoms with E-state index < -0.39 is 0 Å². The Labute approximate surface area is 250 Å². The number of primary amides is 1. The van der Waals surface area contributed by atoms with Crippen molar-refractivity contribution in [2.75, 3.05) is 36.8 Å². The van der Waals surface area contributed by atoms with Gasteiger partial charge in [-0.25, -0.2) is 4.98 Å². The second kappa shape index (κ2) is 11.3. The molecule has 2 unspecified atom stereocenters. The zero-order valence-electron chi connectivity index (χ0n) is 24.1. The molecule has 220 valence electrons. The first-order valence-corrected chi connectivity index (χ1v) is 16.2. The SMILES string of the molecule is Cc1cc2nc(Nc3ccc(C(=O)N4CCN(C5CCCCC5)CC4)cc3)nc(N[C@@H]3C4C=CC(C4)[C@@H]3C(N)=O)c2s1. The highest BCUT2D eigenvalue weighted by atomic mass is 32.1. The summed E-state index contributed by atoms with van der Waals surface area (Å²) in [6.07, 6.45) is 11.9. The molecule has 1 saturated heterocycles. The molecule has 3 heterocycles. The smallest absolute Gasteiger partial charge is 0.253 e. The predicted molar refractivity (Wildman–Crippen MR) is 167 cm³/mol. The van der Waals surface area contributed by atoms with E-state index in [-0.39, 0.29) is 35.6 Å². The standard InChI is InChI=1S/C32H39N7O2S/c1-19-17-25-28(42-19)30(36-27-22-8-7-21(18-22)26(27)29(33)40)37-32(35-25)34-23-11-9-20(10-12-23)31(41)39-15-13-38(14-16-39)24-5-3-2-4-6-24/h7-12,17,21-22,24,26-27H,2-6,13-16,18H2,1H3,(H2,33,40)(H2,34,35,36,37)/t21?,22?,26-,27+/m0/s1. The maximum absolute atomic E-state index is 13.3. The lowest BCUT2D eigenvalue weighted by molar-refractivity contribution is -0.122. The van der Waals surface area contributed by atoms with E-state index in [1.165, 1.54) is 32.1 Å². The summed E-state index contributed by atoms with van der Waals surface area (Å²) in [5, 5.41) is 6.92. The van der Waals surface area contributed by atoms with Gasteiger partial charge in [0.25, 0.3) is 5.91 Å². The monoisotopic (exact) mass is 585 g/mol. The Morgan fingerprint density at radius 2 is 1.71 bits per heavy atom. The third-order valence-electron chi connectivity index (χ3n) is 9.67. The van der Waals surface area contributed by atoms with E-state index in [0.29, 0.717) is 17.6 Å². The second-order valence-electron chi connectivity index (χ2n) is 12.3. The molecule has 3 aromatic rings. The van der Waals surface area contributed by atoms with Gasteiger partial charge >= 0.3 is 0 Å². The van der Waals surface area contributed by atoms with Crippen molar-refractivity contribution in [1.82, 2.24) is 19.8 Å². The van der Waals surface area contributed by atoms with Gasteiger partial charge in [-0.05, 0) is 68.4 Å². The lowest BCUT2D eigenvalue weighted by Crippen LogP contribution is -2.52. The first kappa shape index (κ1) is 27.3. The van der Waals surface area contributed by atoms with Crippen molar-refractivity contribution in [1.29, 1.82) is 0 Å². The van der Waals surface area contributed by atoms with Crippen molar-refractivity contribution in [3.05, 3.63) is 52.9 Å². The van der Waals surface area contributed by atoms with Gasteiger partial charge in [0.1, 0.15) is 5.82 Å². The molecular formula is C32H39N7O2S. The van der Waals surface area contributed by atoms with E-state index in [2.05, 4.69) is 40.7 Å². The number of benzene rings is 1. The lowest BCUT2D eigenvalue weighted by atomic mass is 9.88. The summed E-state index contributed by atoms with van der Waals surface area (Å²) in [7, 11) is 0. The van der Waals surface area contributed by atoms with E-state index >= 15 is 0 Å². The van der Waals surface area contributed by atoms with Gasteiger partial charge in [-0.3, -0.25) is 14.5 Å². The summed E-state index contributed by atoms with van der Waals surface area (Å²) < 4.78 is 0.970. The van der Waals surface area contributed by atoms with Crippen molar-refractivity contribution in [3.8, 4) is 0 Å². The summed E-state index contributed by atoms with van der Waals surface area (Å²) in [5.74, 6) is 1.21. The van der Waals surface area contributed by atoms with Crippen LogP contribution in [-0.4, -0.2) is 69.8 Å². The average molecular weight is 586 g/mol. The third-order valence-corrected chi connectivity index (χ3v) is 10.7. The minimum absolute atomic E-state index is 0.0827. The number of hydrogen-bond donors (Lipinski definition) is 3. The van der Waals surface area contributed by atoms with Crippen LogP contribution in [0.15, 0.2) is 42.5 Å². The highest BCUT2D eigenvalue weighted by Gasteiger charge is 2.47. The van der Waals surface area contributed by atoms with E-state index in [4.69, 9.17) is 15.7 Å². The largest absolute Gasteiger partial charge is 0.369 e. The van der Waals surface area contributed by atoms with Gasteiger partial charge in [0.2, 0.25) is 11.9 Å². The number of amides is 2. The van der Waals surface area contributed by atoms with Gasteiger partial charge in [0.05, 0.1) is 16.1 Å². The molecule has 4 aliphatic rings. The fraction of sp³-hybridized carbons (Fsp3) is 0.500. The topological polar surface area (TPSA) is 116 Å². The molecule has 2 aromatic heterocycles. The second-order valence-corrected chi connectivity index (χ2v) is 13.6. The van der Waals surface area contributed by atoms with Crippen molar-refractivity contribution < 1.29 is 9.59 Å². The highest BCUT2D eigenvalue weighted by molar-refractivity contribution is 7.19.